The first-order valence-corrected chi connectivity index (χ1v) is 9.45. The van der Waals surface area contributed by atoms with Crippen molar-refractivity contribution in [1.29, 1.82) is 0 Å². The summed E-state index contributed by atoms with van der Waals surface area (Å²) in [6.07, 6.45) is -0.189. The van der Waals surface area contributed by atoms with E-state index in [1.807, 2.05) is 54.6 Å². The fraction of sp³-hybridized carbons (Fsp3) is 0.200. The fourth-order valence-corrected chi connectivity index (χ4v) is 3.44. The molecule has 29 heavy (non-hydrogen) atoms. The Morgan fingerprint density at radius 1 is 1.10 bits per heavy atom. The van der Waals surface area contributed by atoms with Crippen LogP contribution in [-0.4, -0.2) is 25.1 Å². The van der Waals surface area contributed by atoms with E-state index in [9.17, 15) is 0 Å². The first-order valence-electron chi connectivity index (χ1n) is 9.07. The van der Waals surface area contributed by atoms with Gasteiger partial charge in [-0.3, -0.25) is 0 Å². The normalized spacial score (nSPS) is 15.8. The smallest absolute Gasteiger partial charge is 0.264 e. The molecule has 0 amide bonds. The lowest BCUT2D eigenvalue weighted by molar-refractivity contribution is -0.00106. The maximum Gasteiger partial charge on any atom is 0.264 e. The number of para-hydroxylation sites is 1. The number of benzene rings is 2. The van der Waals surface area contributed by atoms with E-state index in [0.29, 0.717) is 35.6 Å². The molecule has 2 aromatic heterocycles. The summed E-state index contributed by atoms with van der Waals surface area (Å²) in [5.41, 5.74) is 2.26. The third kappa shape index (κ3) is 3.59. The quantitative estimate of drug-likeness (QED) is 0.495. The van der Waals surface area contributed by atoms with Gasteiger partial charge in [-0.1, -0.05) is 58.4 Å². The van der Waals surface area contributed by atoms with Crippen molar-refractivity contribution >= 4 is 11.6 Å². The van der Waals surface area contributed by atoms with Crippen molar-refractivity contribution in [2.45, 2.75) is 25.9 Å². The average Bonchev–Trinajstić information content (AvgIpc) is 3.39. The predicted molar refractivity (Wildman–Crippen MR) is 103 cm³/mol. The minimum Gasteiger partial charge on any atom is -0.484 e. The zero-order valence-corrected chi connectivity index (χ0v) is 16.0. The number of halogens is 1. The summed E-state index contributed by atoms with van der Waals surface area (Å²) in [6.45, 7) is 1.00. The van der Waals surface area contributed by atoms with E-state index >= 15 is 0 Å². The van der Waals surface area contributed by atoms with Gasteiger partial charge in [0.25, 0.3) is 5.89 Å². The SMILES string of the molecule is Clc1ccccc1[C@@H]1Cn2nnc(-c3noc(COc4ccccc4)n3)c2CO1. The fourth-order valence-electron chi connectivity index (χ4n) is 3.18. The van der Waals surface area contributed by atoms with E-state index < -0.39 is 0 Å². The molecule has 0 fully saturated rings. The molecule has 0 spiro atoms. The Balaban J connectivity index is 1.32. The minimum atomic E-state index is -0.189. The maximum atomic E-state index is 6.29. The summed E-state index contributed by atoms with van der Waals surface area (Å²) in [6, 6.07) is 17.1. The Labute approximate surface area is 171 Å². The Bertz CT molecular complexity index is 1130. The van der Waals surface area contributed by atoms with Crippen LogP contribution < -0.4 is 4.74 Å². The van der Waals surface area contributed by atoms with Crippen LogP contribution in [0, 0.1) is 0 Å². The van der Waals surface area contributed by atoms with Crippen molar-refractivity contribution in [2.24, 2.45) is 0 Å². The molecule has 0 radical (unpaired) electrons. The van der Waals surface area contributed by atoms with Gasteiger partial charge in [0.2, 0.25) is 5.82 Å². The molecule has 0 saturated heterocycles. The topological polar surface area (TPSA) is 88.1 Å². The highest BCUT2D eigenvalue weighted by atomic mass is 35.5. The summed E-state index contributed by atoms with van der Waals surface area (Å²) in [5.74, 6) is 1.45. The summed E-state index contributed by atoms with van der Waals surface area (Å²) in [4.78, 5) is 4.37. The summed E-state index contributed by atoms with van der Waals surface area (Å²) >= 11 is 6.29. The highest BCUT2D eigenvalue weighted by molar-refractivity contribution is 6.31. The molecule has 0 aliphatic carbocycles. The van der Waals surface area contributed by atoms with Crippen LogP contribution in [0.1, 0.15) is 23.3 Å². The van der Waals surface area contributed by atoms with Gasteiger partial charge in [-0.25, -0.2) is 4.68 Å². The first kappa shape index (κ1) is 17.8. The Hall–Kier alpha value is -3.23. The number of ether oxygens (including phenoxy) is 2. The number of rotatable bonds is 5. The monoisotopic (exact) mass is 409 g/mol. The van der Waals surface area contributed by atoms with Gasteiger partial charge in [0.05, 0.1) is 18.8 Å². The molecule has 0 unspecified atom stereocenters. The van der Waals surface area contributed by atoms with Crippen molar-refractivity contribution < 1.29 is 14.0 Å². The molecule has 0 N–H and O–H groups in total. The van der Waals surface area contributed by atoms with Gasteiger partial charge in [0, 0.05) is 10.6 Å². The van der Waals surface area contributed by atoms with Crippen LogP contribution in [0.2, 0.25) is 5.02 Å². The molecular weight excluding hydrogens is 394 g/mol. The molecule has 3 heterocycles. The number of hydrogen-bond donors (Lipinski definition) is 0. The van der Waals surface area contributed by atoms with E-state index in [2.05, 4.69) is 20.5 Å². The van der Waals surface area contributed by atoms with Crippen LogP contribution in [0.15, 0.2) is 59.1 Å². The average molecular weight is 410 g/mol. The molecule has 5 rings (SSSR count). The summed E-state index contributed by atoms with van der Waals surface area (Å²) < 4.78 is 18.7. The molecule has 0 bridgehead atoms. The minimum absolute atomic E-state index is 0.172. The van der Waals surface area contributed by atoms with Crippen LogP contribution in [0.25, 0.3) is 11.5 Å². The maximum absolute atomic E-state index is 6.29. The number of aromatic nitrogens is 5. The van der Waals surface area contributed by atoms with Gasteiger partial charge in [0.1, 0.15) is 11.9 Å². The van der Waals surface area contributed by atoms with Crippen LogP contribution in [0.5, 0.6) is 5.75 Å². The third-order valence-electron chi connectivity index (χ3n) is 4.64. The van der Waals surface area contributed by atoms with Gasteiger partial charge in [-0.05, 0) is 18.2 Å². The van der Waals surface area contributed by atoms with E-state index in [-0.39, 0.29) is 12.7 Å². The second-order valence-electron chi connectivity index (χ2n) is 6.50. The first-order chi connectivity index (χ1) is 14.3. The molecule has 2 aromatic carbocycles. The Kier molecular flexibility index (Phi) is 4.71. The van der Waals surface area contributed by atoms with Crippen LogP contribution in [-0.2, 0) is 24.5 Å². The van der Waals surface area contributed by atoms with E-state index in [4.69, 9.17) is 25.6 Å². The van der Waals surface area contributed by atoms with Gasteiger partial charge >= 0.3 is 0 Å². The molecular formula is C20H16ClN5O3. The molecule has 146 valence electrons. The van der Waals surface area contributed by atoms with Crippen LogP contribution in [0.4, 0.5) is 0 Å². The Morgan fingerprint density at radius 3 is 2.79 bits per heavy atom. The van der Waals surface area contributed by atoms with Gasteiger partial charge in [0.15, 0.2) is 12.3 Å². The molecule has 1 atom stereocenters. The third-order valence-corrected chi connectivity index (χ3v) is 4.98. The Morgan fingerprint density at radius 2 is 1.93 bits per heavy atom. The zero-order valence-electron chi connectivity index (χ0n) is 15.2. The van der Waals surface area contributed by atoms with E-state index in [1.54, 1.807) is 4.68 Å². The second kappa shape index (κ2) is 7.65. The second-order valence-corrected chi connectivity index (χ2v) is 6.91. The van der Waals surface area contributed by atoms with Crippen molar-refractivity contribution in [3.63, 3.8) is 0 Å². The summed E-state index contributed by atoms with van der Waals surface area (Å²) in [5, 5.41) is 13.1. The standard InChI is InChI=1S/C20H16ClN5O3/c21-15-9-5-4-8-14(15)17-10-26-16(11-28-17)19(23-25-26)20-22-18(29-24-20)12-27-13-6-2-1-3-7-13/h1-9,17H,10-12H2/t17-/m0/s1. The highest BCUT2D eigenvalue weighted by Gasteiger charge is 2.28. The molecule has 9 heteroatoms. The molecule has 1 aliphatic heterocycles. The number of hydrogen-bond acceptors (Lipinski definition) is 7. The van der Waals surface area contributed by atoms with Crippen LogP contribution >= 0.6 is 11.6 Å². The number of fused-ring (bicyclic) bond motifs is 1. The van der Waals surface area contributed by atoms with Crippen molar-refractivity contribution in [1.82, 2.24) is 25.1 Å². The van der Waals surface area contributed by atoms with Crippen molar-refractivity contribution in [3.05, 3.63) is 76.8 Å². The van der Waals surface area contributed by atoms with Crippen molar-refractivity contribution in [2.75, 3.05) is 0 Å². The molecule has 8 nitrogen and oxygen atoms in total. The van der Waals surface area contributed by atoms with E-state index in [1.165, 1.54) is 0 Å². The zero-order chi connectivity index (χ0) is 19.6. The van der Waals surface area contributed by atoms with Gasteiger partial charge < -0.3 is 14.0 Å². The number of nitrogens with zero attached hydrogens (tertiary/aromatic N) is 5. The largest absolute Gasteiger partial charge is 0.484 e. The molecule has 1 aliphatic rings. The van der Waals surface area contributed by atoms with E-state index in [0.717, 1.165) is 17.0 Å². The molecule has 4 aromatic rings. The van der Waals surface area contributed by atoms with Gasteiger partial charge in [-0.15, -0.1) is 5.10 Å². The lowest BCUT2D eigenvalue weighted by Crippen LogP contribution is -2.22. The van der Waals surface area contributed by atoms with Crippen LogP contribution in [0.3, 0.4) is 0 Å². The van der Waals surface area contributed by atoms with Crippen molar-refractivity contribution in [3.8, 4) is 17.3 Å². The predicted octanol–water partition coefficient (Wildman–Crippen LogP) is 3.83. The van der Waals surface area contributed by atoms with Gasteiger partial charge in [-0.2, -0.15) is 4.98 Å². The lowest BCUT2D eigenvalue weighted by atomic mass is 10.1. The highest BCUT2D eigenvalue weighted by Crippen LogP contribution is 2.32. The molecule has 0 saturated carbocycles. The lowest BCUT2D eigenvalue weighted by Gasteiger charge is -2.24. The summed E-state index contributed by atoms with van der Waals surface area (Å²) in [7, 11) is 0.